The third-order valence-electron chi connectivity index (χ3n) is 3.43. The largest absolute Gasteiger partial charge is 0.484 e. The van der Waals surface area contributed by atoms with Gasteiger partial charge in [-0.3, -0.25) is 0 Å². The minimum absolute atomic E-state index is 0.209. The number of aromatic nitrogens is 1. The van der Waals surface area contributed by atoms with Gasteiger partial charge in [-0.1, -0.05) is 0 Å². The Morgan fingerprint density at radius 1 is 1.32 bits per heavy atom. The molecule has 5 nitrogen and oxygen atoms in total. The van der Waals surface area contributed by atoms with Crippen molar-refractivity contribution in [1.82, 2.24) is 9.88 Å². The molecular weight excluding hydrogens is 287 g/mol. The minimum atomic E-state index is -0.519. The Bertz CT molecular complexity index is 699. The quantitative estimate of drug-likeness (QED) is 0.926. The second-order valence-electron chi connectivity index (χ2n) is 6.44. The lowest BCUT2D eigenvalue weighted by atomic mass is 10.1. The lowest BCUT2D eigenvalue weighted by Gasteiger charge is -2.39. The summed E-state index contributed by atoms with van der Waals surface area (Å²) in [6.45, 7) is 6.26. The fourth-order valence-electron chi connectivity index (χ4n) is 2.34. The Kier molecular flexibility index (Phi) is 3.47. The maximum atomic E-state index is 14.3. The van der Waals surface area contributed by atoms with Gasteiger partial charge >= 0.3 is 6.09 Å². The number of hydrogen-bond donors (Lipinski definition) is 1. The first kappa shape index (κ1) is 14.7. The molecule has 0 bridgehead atoms. The van der Waals surface area contributed by atoms with Crippen molar-refractivity contribution in [3.8, 4) is 5.75 Å². The molecule has 0 saturated carbocycles. The van der Waals surface area contributed by atoms with Crippen LogP contribution >= 0.6 is 0 Å². The third-order valence-corrected chi connectivity index (χ3v) is 3.43. The van der Waals surface area contributed by atoms with E-state index < -0.39 is 5.60 Å². The smallest absolute Gasteiger partial charge is 0.410 e. The monoisotopic (exact) mass is 306 g/mol. The van der Waals surface area contributed by atoms with Gasteiger partial charge in [-0.05, 0) is 39.0 Å². The molecule has 0 aliphatic carbocycles. The molecule has 118 valence electrons. The first-order chi connectivity index (χ1) is 10.3. The highest BCUT2D eigenvalue weighted by atomic mass is 19.1. The SMILES string of the molecule is CC(C)(C)OC(=O)N1CC(Oc2ccc3[nH]ccc3c2F)C1. The summed E-state index contributed by atoms with van der Waals surface area (Å²) in [5.74, 6) is -0.171. The van der Waals surface area contributed by atoms with Crippen LogP contribution in [0, 0.1) is 5.82 Å². The van der Waals surface area contributed by atoms with E-state index in [-0.39, 0.29) is 23.8 Å². The molecule has 1 aliphatic rings. The summed E-state index contributed by atoms with van der Waals surface area (Å²) in [7, 11) is 0. The lowest BCUT2D eigenvalue weighted by Crippen LogP contribution is -2.57. The van der Waals surface area contributed by atoms with Crippen LogP contribution in [0.4, 0.5) is 9.18 Å². The van der Waals surface area contributed by atoms with E-state index in [1.165, 1.54) is 0 Å². The number of amides is 1. The molecule has 1 aromatic carbocycles. The zero-order valence-corrected chi connectivity index (χ0v) is 12.9. The van der Waals surface area contributed by atoms with Gasteiger partial charge < -0.3 is 19.4 Å². The van der Waals surface area contributed by atoms with Gasteiger partial charge in [0.2, 0.25) is 0 Å². The van der Waals surface area contributed by atoms with Crippen LogP contribution in [-0.2, 0) is 4.74 Å². The number of carbonyl (C=O) groups excluding carboxylic acids is 1. The van der Waals surface area contributed by atoms with Gasteiger partial charge in [0.25, 0.3) is 0 Å². The summed E-state index contributed by atoms with van der Waals surface area (Å²) in [5.41, 5.74) is 0.211. The molecule has 1 N–H and O–H groups in total. The van der Waals surface area contributed by atoms with Crippen molar-refractivity contribution < 1.29 is 18.7 Å². The molecule has 0 spiro atoms. The summed E-state index contributed by atoms with van der Waals surface area (Å²) >= 11 is 0. The molecule has 22 heavy (non-hydrogen) atoms. The zero-order valence-electron chi connectivity index (χ0n) is 12.9. The van der Waals surface area contributed by atoms with Crippen molar-refractivity contribution in [3.05, 3.63) is 30.2 Å². The summed E-state index contributed by atoms with van der Waals surface area (Å²) in [6.07, 6.45) is 1.11. The second-order valence-corrected chi connectivity index (χ2v) is 6.44. The topological polar surface area (TPSA) is 54.6 Å². The van der Waals surface area contributed by atoms with E-state index in [9.17, 15) is 9.18 Å². The molecule has 2 heterocycles. The van der Waals surface area contributed by atoms with E-state index in [4.69, 9.17) is 9.47 Å². The van der Waals surface area contributed by atoms with Crippen LogP contribution in [0.15, 0.2) is 24.4 Å². The number of hydrogen-bond acceptors (Lipinski definition) is 3. The number of rotatable bonds is 2. The highest BCUT2D eigenvalue weighted by molar-refractivity contribution is 5.81. The van der Waals surface area contributed by atoms with Crippen molar-refractivity contribution >= 4 is 17.0 Å². The van der Waals surface area contributed by atoms with E-state index in [1.807, 2.05) is 20.8 Å². The second kappa shape index (κ2) is 5.19. The van der Waals surface area contributed by atoms with Crippen LogP contribution in [0.1, 0.15) is 20.8 Å². The Morgan fingerprint density at radius 2 is 2.05 bits per heavy atom. The molecule has 1 amide bonds. The van der Waals surface area contributed by atoms with Crippen LogP contribution in [0.3, 0.4) is 0 Å². The molecule has 2 aromatic rings. The summed E-state index contributed by atoms with van der Waals surface area (Å²) in [4.78, 5) is 16.3. The molecule has 1 saturated heterocycles. The molecular formula is C16H19FN2O3. The predicted octanol–water partition coefficient (Wildman–Crippen LogP) is 3.31. The molecule has 1 aliphatic heterocycles. The number of carbonyl (C=O) groups is 1. The van der Waals surface area contributed by atoms with Crippen molar-refractivity contribution in [3.63, 3.8) is 0 Å². The van der Waals surface area contributed by atoms with Gasteiger partial charge in [0.05, 0.1) is 13.1 Å². The normalized spacial score (nSPS) is 15.7. The Balaban J connectivity index is 1.59. The number of nitrogens with one attached hydrogen (secondary N) is 1. The maximum Gasteiger partial charge on any atom is 0.410 e. The number of aromatic amines is 1. The van der Waals surface area contributed by atoms with Gasteiger partial charge in [-0.15, -0.1) is 0 Å². The van der Waals surface area contributed by atoms with E-state index >= 15 is 0 Å². The van der Waals surface area contributed by atoms with Gasteiger partial charge in [-0.2, -0.15) is 0 Å². The van der Waals surface area contributed by atoms with Crippen LogP contribution in [-0.4, -0.2) is 40.8 Å². The number of ether oxygens (including phenoxy) is 2. The molecule has 0 unspecified atom stereocenters. The minimum Gasteiger partial charge on any atom is -0.484 e. The highest BCUT2D eigenvalue weighted by Crippen LogP contribution is 2.28. The van der Waals surface area contributed by atoms with Crippen LogP contribution in [0.5, 0.6) is 5.75 Å². The fraction of sp³-hybridized carbons (Fsp3) is 0.438. The number of nitrogens with zero attached hydrogens (tertiary/aromatic N) is 1. The number of benzene rings is 1. The van der Waals surface area contributed by atoms with Crippen LogP contribution < -0.4 is 4.74 Å². The van der Waals surface area contributed by atoms with E-state index in [0.29, 0.717) is 18.5 Å². The van der Waals surface area contributed by atoms with E-state index in [1.54, 1.807) is 29.3 Å². The van der Waals surface area contributed by atoms with Crippen molar-refractivity contribution in [2.45, 2.75) is 32.5 Å². The molecule has 0 atom stereocenters. The van der Waals surface area contributed by atoms with Gasteiger partial charge in [-0.25, -0.2) is 9.18 Å². The Morgan fingerprint density at radius 3 is 2.73 bits per heavy atom. The Labute approximate surface area is 128 Å². The van der Waals surface area contributed by atoms with Crippen molar-refractivity contribution in [2.75, 3.05) is 13.1 Å². The third kappa shape index (κ3) is 2.86. The van der Waals surface area contributed by atoms with E-state index in [0.717, 1.165) is 5.52 Å². The fourth-order valence-corrected chi connectivity index (χ4v) is 2.34. The van der Waals surface area contributed by atoms with Gasteiger partial charge in [0.15, 0.2) is 11.6 Å². The number of H-pyrrole nitrogens is 1. The van der Waals surface area contributed by atoms with Gasteiger partial charge in [0.1, 0.15) is 11.7 Å². The number of halogens is 1. The molecule has 1 aromatic heterocycles. The standard InChI is InChI=1S/C16H19FN2O3/c1-16(2,3)22-15(20)19-8-10(9-19)21-13-5-4-12-11(14(13)17)6-7-18-12/h4-7,10,18H,8-9H2,1-3H3. The predicted molar refractivity (Wildman–Crippen MR) is 80.5 cm³/mol. The number of fused-ring (bicyclic) bond motifs is 1. The molecule has 3 rings (SSSR count). The maximum absolute atomic E-state index is 14.3. The first-order valence-corrected chi connectivity index (χ1v) is 7.24. The summed E-state index contributed by atoms with van der Waals surface area (Å²) in [5, 5.41) is 0.501. The summed E-state index contributed by atoms with van der Waals surface area (Å²) < 4.78 is 25.1. The average Bonchev–Trinajstić information content (AvgIpc) is 2.82. The summed E-state index contributed by atoms with van der Waals surface area (Å²) in [6, 6.07) is 5.05. The average molecular weight is 306 g/mol. The first-order valence-electron chi connectivity index (χ1n) is 7.24. The van der Waals surface area contributed by atoms with Crippen molar-refractivity contribution in [1.29, 1.82) is 0 Å². The van der Waals surface area contributed by atoms with Crippen LogP contribution in [0.25, 0.3) is 10.9 Å². The molecule has 6 heteroatoms. The van der Waals surface area contributed by atoms with Crippen LogP contribution in [0.2, 0.25) is 0 Å². The zero-order chi connectivity index (χ0) is 15.9. The van der Waals surface area contributed by atoms with Gasteiger partial charge in [0, 0.05) is 17.1 Å². The lowest BCUT2D eigenvalue weighted by molar-refractivity contribution is -0.0228. The molecule has 1 fully saturated rings. The molecule has 0 radical (unpaired) electrons. The van der Waals surface area contributed by atoms with E-state index in [2.05, 4.69) is 4.98 Å². The van der Waals surface area contributed by atoms with Crippen molar-refractivity contribution in [2.24, 2.45) is 0 Å². The Hall–Kier alpha value is -2.24. The highest BCUT2D eigenvalue weighted by Gasteiger charge is 2.35. The number of likely N-dealkylation sites (tertiary alicyclic amines) is 1.